The molecule has 3 aliphatic rings. The number of carbonyl (C=O) groups is 1. The maximum absolute atomic E-state index is 13.5. The average Bonchev–Trinajstić information content (AvgIpc) is 3.73. The van der Waals surface area contributed by atoms with Gasteiger partial charge in [-0.05, 0) is 76.4 Å². The van der Waals surface area contributed by atoms with Gasteiger partial charge in [-0.15, -0.1) is 0 Å². The van der Waals surface area contributed by atoms with E-state index in [-0.39, 0.29) is 35.8 Å². The third-order valence-corrected chi connectivity index (χ3v) is 13.5. The molecule has 2 aromatic carbocycles. The Hall–Kier alpha value is -5.46. The van der Waals surface area contributed by atoms with Crippen molar-refractivity contribution in [1.29, 1.82) is 5.26 Å². The summed E-state index contributed by atoms with van der Waals surface area (Å²) in [5.41, 5.74) is 1.20. The average molecular weight is 892 g/mol. The second kappa shape index (κ2) is 16.8. The Balaban J connectivity index is 0.809. The van der Waals surface area contributed by atoms with E-state index in [9.17, 15) is 20.0 Å². The number of nitriles is 1. The number of H-pyrrole nitrogens is 1. The number of amides is 1. The Labute approximate surface area is 379 Å². The zero-order chi connectivity index (χ0) is 45.9. The number of rotatable bonds is 13. The summed E-state index contributed by atoms with van der Waals surface area (Å²) < 4.78 is 21.3. The molecular formula is C49H59ClN8O6. The lowest BCUT2D eigenvalue weighted by atomic mass is 9.49. The second-order valence-electron chi connectivity index (χ2n) is 20.1. The molecule has 0 unspecified atom stereocenters. The number of hydrogen-bond donors (Lipinski definition) is 3. The van der Waals surface area contributed by atoms with Crippen molar-refractivity contribution < 1.29 is 24.1 Å². The van der Waals surface area contributed by atoms with E-state index in [1.807, 2.05) is 30.5 Å². The van der Waals surface area contributed by atoms with Gasteiger partial charge in [-0.1, -0.05) is 45.4 Å². The quantitative estimate of drug-likeness (QED) is 0.109. The van der Waals surface area contributed by atoms with Crippen molar-refractivity contribution in [3.05, 3.63) is 99.3 Å². The highest BCUT2D eigenvalue weighted by Gasteiger charge is 2.64. The van der Waals surface area contributed by atoms with Crippen LogP contribution in [0.15, 0.2) is 72.0 Å². The van der Waals surface area contributed by atoms with Crippen molar-refractivity contribution in [2.24, 2.45) is 17.9 Å². The fourth-order valence-corrected chi connectivity index (χ4v) is 10.4. The molecule has 3 N–H and O–H groups in total. The van der Waals surface area contributed by atoms with Crippen LogP contribution < -0.4 is 25.2 Å². The normalized spacial score (nSPS) is 20.3. The summed E-state index contributed by atoms with van der Waals surface area (Å²) in [7, 11) is 1.74. The van der Waals surface area contributed by atoms with E-state index in [2.05, 4.69) is 77.7 Å². The number of nitrogens with zero attached hydrogens (tertiary/aromatic N) is 6. The molecule has 0 atom stereocenters. The van der Waals surface area contributed by atoms with E-state index >= 15 is 0 Å². The predicted octanol–water partition coefficient (Wildman–Crippen LogP) is 7.22. The lowest BCUT2D eigenvalue weighted by molar-refractivity contribution is -0.164. The number of likely N-dealkylation sites (tertiary alicyclic amines) is 1. The summed E-state index contributed by atoms with van der Waals surface area (Å²) in [6.07, 6.45) is 8.55. The van der Waals surface area contributed by atoms with Crippen LogP contribution in [0.5, 0.6) is 11.5 Å². The van der Waals surface area contributed by atoms with Crippen LogP contribution in [0.3, 0.4) is 0 Å². The van der Waals surface area contributed by atoms with E-state index in [4.69, 9.17) is 25.8 Å². The number of nitrogens with one attached hydrogen (secondary N) is 2. The van der Waals surface area contributed by atoms with Gasteiger partial charge in [-0.2, -0.15) is 5.26 Å². The van der Waals surface area contributed by atoms with Crippen LogP contribution >= 0.6 is 11.6 Å². The molecule has 64 heavy (non-hydrogen) atoms. The van der Waals surface area contributed by atoms with Crippen molar-refractivity contribution in [2.75, 3.05) is 37.6 Å². The van der Waals surface area contributed by atoms with Crippen molar-refractivity contribution in [1.82, 2.24) is 29.7 Å². The molecule has 15 heteroatoms. The molecule has 2 saturated heterocycles. The predicted molar refractivity (Wildman–Crippen MR) is 247 cm³/mol. The van der Waals surface area contributed by atoms with Crippen molar-refractivity contribution in [3.8, 4) is 28.7 Å². The van der Waals surface area contributed by atoms with Gasteiger partial charge in [0.15, 0.2) is 0 Å². The van der Waals surface area contributed by atoms with Crippen LogP contribution in [0.4, 0.5) is 5.95 Å². The zero-order valence-corrected chi connectivity index (χ0v) is 38.9. The van der Waals surface area contributed by atoms with Gasteiger partial charge in [0.05, 0.1) is 34.0 Å². The first-order valence-electron chi connectivity index (χ1n) is 22.0. The van der Waals surface area contributed by atoms with Crippen LogP contribution in [0, 0.1) is 22.2 Å². The van der Waals surface area contributed by atoms with E-state index < -0.39 is 22.0 Å². The molecule has 1 saturated carbocycles. The number of pyridine rings is 1. The van der Waals surface area contributed by atoms with Crippen LogP contribution in [-0.4, -0.2) is 98.1 Å². The molecular weight excluding hydrogens is 832 g/mol. The fraction of sp³-hybridized carbons (Fsp3) is 0.490. The number of benzene rings is 2. The number of anilines is 1. The maximum Gasteiger partial charge on any atom is 0.274 e. The van der Waals surface area contributed by atoms with Crippen LogP contribution in [-0.2, 0) is 17.4 Å². The molecule has 338 valence electrons. The first kappa shape index (κ1) is 45.1. The number of piperidine rings is 1. The summed E-state index contributed by atoms with van der Waals surface area (Å²) in [5.74, 6) is 1.62. The summed E-state index contributed by atoms with van der Waals surface area (Å²) in [4.78, 5) is 43.1. The van der Waals surface area contributed by atoms with Crippen LogP contribution in [0.1, 0.15) is 89.7 Å². The lowest BCUT2D eigenvalue weighted by Gasteiger charge is -2.63. The summed E-state index contributed by atoms with van der Waals surface area (Å²) in [6.45, 7) is 19.8. The standard InChI is InChI=1S/C49H59ClN8O6/c1-46(2,64-39-13-11-31(49(7,8)61)20-36(39)37-27-56(9)42(60)40-35(37)14-17-52-40)28-57-25-34(26-57)62-32-15-18-58(19-16-32)45-53-23-30(24-54-45)41(59)55-43-47(3,4)44(48(43,5)6)63-33-12-10-29(22-51)38(50)21-33/h10-14,17,20-21,23-24,27,32,34,43-44,52,61H,15-16,18-19,25-26,28H2,1-9H3,(H,55,59). The van der Waals surface area contributed by atoms with E-state index in [1.165, 1.54) is 0 Å². The number of hydrogen-bond acceptors (Lipinski definition) is 11. The molecule has 0 radical (unpaired) electrons. The zero-order valence-electron chi connectivity index (χ0n) is 38.2. The monoisotopic (exact) mass is 890 g/mol. The third-order valence-electron chi connectivity index (χ3n) is 13.2. The number of ether oxygens (including phenoxy) is 3. The van der Waals surface area contributed by atoms with E-state index in [1.54, 1.807) is 62.3 Å². The van der Waals surface area contributed by atoms with Gasteiger partial charge < -0.3 is 39.1 Å². The number of aryl methyl sites for hydroxylation is 1. The minimum Gasteiger partial charge on any atom is -0.489 e. The van der Waals surface area contributed by atoms with Gasteiger partial charge in [-0.3, -0.25) is 14.5 Å². The third kappa shape index (κ3) is 8.83. The summed E-state index contributed by atoms with van der Waals surface area (Å²) >= 11 is 6.26. The van der Waals surface area contributed by atoms with Gasteiger partial charge in [0, 0.05) is 104 Å². The lowest BCUT2D eigenvalue weighted by Crippen LogP contribution is -2.74. The smallest absolute Gasteiger partial charge is 0.274 e. The molecule has 14 nitrogen and oxygen atoms in total. The number of carbonyl (C=O) groups excluding carboxylic acids is 1. The summed E-state index contributed by atoms with van der Waals surface area (Å²) in [5, 5.41) is 24.5. The van der Waals surface area contributed by atoms with Crippen molar-refractivity contribution in [2.45, 2.75) is 104 Å². The van der Waals surface area contributed by atoms with E-state index in [0.717, 1.165) is 61.1 Å². The molecule has 0 spiro atoms. The van der Waals surface area contributed by atoms with Crippen LogP contribution in [0.25, 0.3) is 22.0 Å². The SMILES string of the molecule is Cn1cc(-c2cc(C(C)(C)O)ccc2OC(C)(C)CN2CC(OC3CCN(c4ncc(C(=O)NC5C(C)(C)C(Oc6ccc(C#N)c(Cl)c6)C5(C)C)cn4)CC3)C2)c2cc[nH]c2c1=O. The molecule has 1 aliphatic carbocycles. The topological polar surface area (TPSA) is 171 Å². The number of halogens is 1. The molecule has 5 aromatic rings. The fourth-order valence-electron chi connectivity index (χ4n) is 10.2. The highest BCUT2D eigenvalue weighted by molar-refractivity contribution is 6.31. The molecule has 5 heterocycles. The maximum atomic E-state index is 13.5. The Morgan fingerprint density at radius 3 is 2.33 bits per heavy atom. The Morgan fingerprint density at radius 2 is 1.69 bits per heavy atom. The van der Waals surface area contributed by atoms with Crippen LogP contribution in [0.2, 0.25) is 5.02 Å². The minimum absolute atomic E-state index is 0.109. The Kier molecular flexibility index (Phi) is 11.9. The Bertz CT molecular complexity index is 2630. The first-order valence-corrected chi connectivity index (χ1v) is 22.4. The molecule has 3 fully saturated rings. The van der Waals surface area contributed by atoms with Gasteiger partial charge >= 0.3 is 0 Å². The second-order valence-corrected chi connectivity index (χ2v) is 20.5. The highest BCUT2D eigenvalue weighted by Crippen LogP contribution is 2.55. The number of fused-ring (bicyclic) bond motifs is 1. The molecule has 8 rings (SSSR count). The number of aromatic nitrogens is 4. The molecule has 0 bridgehead atoms. The number of aromatic amines is 1. The molecule has 2 aliphatic heterocycles. The van der Waals surface area contributed by atoms with Gasteiger partial charge in [0.1, 0.15) is 34.8 Å². The molecule has 1 amide bonds. The van der Waals surface area contributed by atoms with E-state index in [0.29, 0.717) is 45.7 Å². The van der Waals surface area contributed by atoms with Crippen molar-refractivity contribution in [3.63, 3.8) is 0 Å². The molecule has 3 aromatic heterocycles. The van der Waals surface area contributed by atoms with Gasteiger partial charge in [-0.25, -0.2) is 9.97 Å². The Morgan fingerprint density at radius 1 is 1.00 bits per heavy atom. The highest BCUT2D eigenvalue weighted by atomic mass is 35.5. The van der Waals surface area contributed by atoms with Gasteiger partial charge in [0.2, 0.25) is 5.95 Å². The number of aliphatic hydroxyl groups is 1. The largest absolute Gasteiger partial charge is 0.489 e. The first-order chi connectivity index (χ1) is 30.1. The van der Waals surface area contributed by atoms with Crippen molar-refractivity contribution >= 4 is 34.4 Å². The summed E-state index contributed by atoms with van der Waals surface area (Å²) in [6, 6.07) is 14.6. The van der Waals surface area contributed by atoms with Gasteiger partial charge in [0.25, 0.3) is 11.5 Å². The minimum atomic E-state index is -1.06.